The number of rotatable bonds is 6. The molecule has 4 nitrogen and oxygen atoms in total. The van der Waals surface area contributed by atoms with Crippen LogP contribution in [0.15, 0.2) is 24.3 Å². The summed E-state index contributed by atoms with van der Waals surface area (Å²) in [6, 6.07) is 7.91. The van der Waals surface area contributed by atoms with Crippen molar-refractivity contribution in [1.29, 1.82) is 0 Å². The Morgan fingerprint density at radius 2 is 2.05 bits per heavy atom. The van der Waals surface area contributed by atoms with E-state index in [1.54, 1.807) is 21.0 Å². The topological polar surface area (TPSA) is 58.7 Å². The van der Waals surface area contributed by atoms with Gasteiger partial charge in [0.2, 0.25) is 0 Å². The van der Waals surface area contributed by atoms with Crippen LogP contribution in [-0.2, 0) is 0 Å². The van der Waals surface area contributed by atoms with E-state index >= 15 is 0 Å². The number of likely N-dealkylation sites (N-methyl/N-ethyl adjacent to an activating group) is 1. The Morgan fingerprint density at radius 3 is 2.53 bits per heavy atom. The van der Waals surface area contributed by atoms with Gasteiger partial charge >= 0.3 is 0 Å². The van der Waals surface area contributed by atoms with Crippen LogP contribution in [0.2, 0.25) is 0 Å². The number of hydrogen-bond acceptors (Lipinski definition) is 4. The Morgan fingerprint density at radius 1 is 1.42 bits per heavy atom. The first-order valence-electron chi connectivity index (χ1n) is 6.57. The summed E-state index contributed by atoms with van der Waals surface area (Å²) in [5.41, 5.74) is 6.46. The third kappa shape index (κ3) is 4.82. The second-order valence-corrected chi connectivity index (χ2v) is 5.81. The largest absolute Gasteiger partial charge is 0.497 e. The molecule has 0 spiro atoms. The van der Waals surface area contributed by atoms with Gasteiger partial charge in [-0.1, -0.05) is 12.1 Å². The van der Waals surface area contributed by atoms with Crippen LogP contribution in [0.4, 0.5) is 0 Å². The van der Waals surface area contributed by atoms with Crippen molar-refractivity contribution >= 4 is 0 Å². The van der Waals surface area contributed by atoms with Gasteiger partial charge in [0.1, 0.15) is 5.75 Å². The van der Waals surface area contributed by atoms with Gasteiger partial charge in [-0.15, -0.1) is 0 Å². The molecule has 0 aliphatic carbocycles. The Bertz CT molecular complexity index is 399. The summed E-state index contributed by atoms with van der Waals surface area (Å²) in [6.07, 6.45) is 0. The zero-order chi connectivity index (χ0) is 14.6. The summed E-state index contributed by atoms with van der Waals surface area (Å²) in [6.45, 7) is 6.13. The third-order valence-corrected chi connectivity index (χ3v) is 3.04. The molecule has 2 unspecified atom stereocenters. The van der Waals surface area contributed by atoms with E-state index in [2.05, 4.69) is 4.90 Å². The van der Waals surface area contributed by atoms with Crippen LogP contribution in [0.3, 0.4) is 0 Å². The van der Waals surface area contributed by atoms with Crippen molar-refractivity contribution in [1.82, 2.24) is 4.90 Å². The zero-order valence-corrected chi connectivity index (χ0v) is 12.6. The molecule has 1 aromatic carbocycles. The lowest BCUT2D eigenvalue weighted by Gasteiger charge is -2.35. The van der Waals surface area contributed by atoms with E-state index in [1.165, 1.54) is 0 Å². The van der Waals surface area contributed by atoms with Gasteiger partial charge in [0.05, 0.1) is 12.7 Å². The summed E-state index contributed by atoms with van der Waals surface area (Å²) in [7, 11) is 3.63. The Kier molecular flexibility index (Phi) is 5.35. The molecule has 0 radical (unpaired) electrons. The molecule has 0 aliphatic rings. The predicted octanol–water partition coefficient (Wildman–Crippen LogP) is 1.79. The van der Waals surface area contributed by atoms with Gasteiger partial charge in [-0.05, 0) is 45.5 Å². The van der Waals surface area contributed by atoms with E-state index in [0.29, 0.717) is 6.54 Å². The van der Waals surface area contributed by atoms with Gasteiger partial charge in [0.15, 0.2) is 0 Å². The molecular formula is C15H26N2O2. The van der Waals surface area contributed by atoms with Crippen molar-refractivity contribution in [3.63, 3.8) is 0 Å². The van der Waals surface area contributed by atoms with Crippen LogP contribution in [-0.4, -0.2) is 42.4 Å². The first-order chi connectivity index (χ1) is 8.74. The lowest BCUT2D eigenvalue weighted by molar-refractivity contribution is 0.0278. The molecule has 0 fully saturated rings. The molecule has 0 saturated heterocycles. The second-order valence-electron chi connectivity index (χ2n) is 5.81. The van der Waals surface area contributed by atoms with Crippen molar-refractivity contribution < 1.29 is 9.84 Å². The summed E-state index contributed by atoms with van der Waals surface area (Å²) in [5.74, 6) is 0.819. The van der Waals surface area contributed by atoms with Crippen LogP contribution in [0.5, 0.6) is 5.75 Å². The quantitative estimate of drug-likeness (QED) is 0.824. The maximum absolute atomic E-state index is 9.96. The van der Waals surface area contributed by atoms with Gasteiger partial charge in [-0.25, -0.2) is 0 Å². The molecule has 1 aromatic rings. The van der Waals surface area contributed by atoms with Crippen LogP contribution in [0, 0.1) is 0 Å². The molecule has 2 atom stereocenters. The highest BCUT2D eigenvalue weighted by Crippen LogP contribution is 2.26. The van der Waals surface area contributed by atoms with Crippen molar-refractivity contribution in [2.75, 3.05) is 20.7 Å². The Labute approximate surface area is 116 Å². The molecule has 4 heteroatoms. The highest BCUT2D eigenvalue weighted by Gasteiger charge is 2.26. The molecule has 0 bridgehead atoms. The minimum absolute atomic E-state index is 0.0422. The van der Waals surface area contributed by atoms with E-state index < -0.39 is 5.60 Å². The number of nitrogens with two attached hydrogens (primary N) is 1. The fraction of sp³-hybridized carbons (Fsp3) is 0.600. The summed E-state index contributed by atoms with van der Waals surface area (Å²) in [4.78, 5) is 2.08. The highest BCUT2D eigenvalue weighted by atomic mass is 16.5. The van der Waals surface area contributed by atoms with Crippen LogP contribution < -0.4 is 10.5 Å². The lowest BCUT2D eigenvalue weighted by atomic mass is 9.97. The zero-order valence-electron chi connectivity index (χ0n) is 12.6. The van der Waals surface area contributed by atoms with Crippen LogP contribution in [0.25, 0.3) is 0 Å². The van der Waals surface area contributed by atoms with E-state index in [4.69, 9.17) is 10.5 Å². The maximum Gasteiger partial charge on any atom is 0.119 e. The maximum atomic E-state index is 9.96. The molecule has 19 heavy (non-hydrogen) atoms. The smallest absolute Gasteiger partial charge is 0.119 e. The molecule has 1 rings (SSSR count). The number of ether oxygens (including phenoxy) is 1. The molecule has 0 heterocycles. The van der Waals surface area contributed by atoms with Gasteiger partial charge < -0.3 is 15.6 Å². The minimum atomic E-state index is -0.749. The molecule has 0 amide bonds. The lowest BCUT2D eigenvalue weighted by Crippen LogP contribution is -2.43. The van der Waals surface area contributed by atoms with E-state index in [9.17, 15) is 5.11 Å². The molecular weight excluding hydrogens is 240 g/mol. The van der Waals surface area contributed by atoms with Gasteiger partial charge in [0.25, 0.3) is 0 Å². The van der Waals surface area contributed by atoms with Crippen molar-refractivity contribution in [2.24, 2.45) is 5.73 Å². The fourth-order valence-electron chi connectivity index (χ4n) is 2.49. The average Bonchev–Trinajstić information content (AvgIpc) is 2.26. The number of aliphatic hydroxyl groups is 1. The monoisotopic (exact) mass is 266 g/mol. The predicted molar refractivity (Wildman–Crippen MR) is 78.3 cm³/mol. The fourth-order valence-corrected chi connectivity index (χ4v) is 2.49. The van der Waals surface area contributed by atoms with Crippen LogP contribution >= 0.6 is 0 Å². The molecule has 108 valence electrons. The standard InChI is InChI=1S/C15H26N2O2/c1-11(16)14(17(4)10-15(2,3)18)12-7-6-8-13(9-12)19-5/h6-9,11,14,18H,10,16H2,1-5H3. The summed E-state index contributed by atoms with van der Waals surface area (Å²) >= 11 is 0. The number of nitrogens with zero attached hydrogens (tertiary/aromatic N) is 1. The number of benzene rings is 1. The normalized spacial score (nSPS) is 15.4. The molecule has 0 aromatic heterocycles. The van der Waals surface area contributed by atoms with E-state index in [-0.39, 0.29) is 12.1 Å². The average molecular weight is 266 g/mol. The molecule has 0 saturated carbocycles. The Hall–Kier alpha value is -1.10. The van der Waals surface area contributed by atoms with Crippen molar-refractivity contribution in [3.8, 4) is 5.75 Å². The van der Waals surface area contributed by atoms with Crippen molar-refractivity contribution in [3.05, 3.63) is 29.8 Å². The van der Waals surface area contributed by atoms with Gasteiger partial charge in [-0.2, -0.15) is 0 Å². The number of methoxy groups -OCH3 is 1. The first kappa shape index (κ1) is 16.0. The SMILES string of the molecule is COc1cccc(C(C(C)N)N(C)CC(C)(C)O)c1. The highest BCUT2D eigenvalue weighted by molar-refractivity contribution is 5.31. The molecule has 3 N–H and O–H groups in total. The first-order valence-corrected chi connectivity index (χ1v) is 6.57. The molecule has 0 aliphatic heterocycles. The number of hydrogen-bond donors (Lipinski definition) is 2. The Balaban J connectivity index is 2.99. The summed E-state index contributed by atoms with van der Waals surface area (Å²) < 4.78 is 5.26. The third-order valence-electron chi connectivity index (χ3n) is 3.04. The van der Waals surface area contributed by atoms with E-state index in [0.717, 1.165) is 11.3 Å². The second kappa shape index (κ2) is 6.37. The van der Waals surface area contributed by atoms with Gasteiger partial charge in [-0.3, -0.25) is 4.90 Å². The van der Waals surface area contributed by atoms with Gasteiger partial charge in [0, 0.05) is 18.6 Å². The summed E-state index contributed by atoms with van der Waals surface area (Å²) in [5, 5.41) is 9.96. The minimum Gasteiger partial charge on any atom is -0.497 e. The van der Waals surface area contributed by atoms with E-state index in [1.807, 2.05) is 38.2 Å². The van der Waals surface area contributed by atoms with Crippen LogP contribution in [0.1, 0.15) is 32.4 Å². The van der Waals surface area contributed by atoms with Crippen molar-refractivity contribution in [2.45, 2.75) is 38.5 Å².